The first kappa shape index (κ1) is 14.7. The summed E-state index contributed by atoms with van der Waals surface area (Å²) in [5.41, 5.74) is 1.09. The number of likely N-dealkylation sites (N-methyl/N-ethyl adjacent to an activating group) is 1. The third kappa shape index (κ3) is 3.89. The Kier molecular flexibility index (Phi) is 4.89. The summed E-state index contributed by atoms with van der Waals surface area (Å²) < 4.78 is 31.4. The maximum atomic E-state index is 12.1. The van der Waals surface area contributed by atoms with Crippen LogP contribution in [0.15, 0.2) is 45.9 Å². The van der Waals surface area contributed by atoms with Gasteiger partial charge in [0.15, 0.2) is 5.76 Å². The molecular formula is C13H17N3O3S. The minimum Gasteiger partial charge on any atom is -0.360 e. The van der Waals surface area contributed by atoms with Gasteiger partial charge in [-0.1, -0.05) is 17.3 Å². The molecule has 20 heavy (non-hydrogen) atoms. The molecule has 0 spiro atoms. The molecule has 0 bridgehead atoms. The van der Waals surface area contributed by atoms with Crippen LogP contribution in [0.3, 0.4) is 0 Å². The highest BCUT2D eigenvalue weighted by atomic mass is 32.2. The van der Waals surface area contributed by atoms with Crippen molar-refractivity contribution in [2.45, 2.75) is 17.9 Å². The van der Waals surface area contributed by atoms with Crippen LogP contribution in [0, 0.1) is 0 Å². The first-order valence-electron chi connectivity index (χ1n) is 6.24. The van der Waals surface area contributed by atoms with E-state index in [-0.39, 0.29) is 11.4 Å². The van der Waals surface area contributed by atoms with Gasteiger partial charge in [-0.25, -0.2) is 13.1 Å². The molecule has 0 aliphatic rings. The Balaban J connectivity index is 2.01. The molecule has 1 heterocycles. The Bertz CT molecular complexity index is 621. The summed E-state index contributed by atoms with van der Waals surface area (Å²) in [5, 5.41) is 6.57. The lowest BCUT2D eigenvalue weighted by Gasteiger charge is -2.06. The quantitative estimate of drug-likeness (QED) is 0.793. The predicted molar refractivity (Wildman–Crippen MR) is 74.6 cm³/mol. The van der Waals surface area contributed by atoms with Crippen LogP contribution in [0.5, 0.6) is 0 Å². The van der Waals surface area contributed by atoms with Crippen molar-refractivity contribution >= 4 is 10.0 Å². The SMILES string of the molecule is CNCCc1ccc(S(=O)(=O)NCc2ccno2)cc1. The zero-order chi connectivity index (χ0) is 14.4. The molecule has 0 saturated heterocycles. The molecule has 1 aromatic heterocycles. The van der Waals surface area contributed by atoms with E-state index in [0.29, 0.717) is 5.76 Å². The summed E-state index contributed by atoms with van der Waals surface area (Å²) in [6.45, 7) is 0.944. The lowest BCUT2D eigenvalue weighted by atomic mass is 10.1. The lowest BCUT2D eigenvalue weighted by molar-refractivity contribution is 0.380. The molecule has 6 nitrogen and oxygen atoms in total. The zero-order valence-electron chi connectivity index (χ0n) is 11.2. The third-order valence-electron chi connectivity index (χ3n) is 2.82. The number of hydrogen-bond donors (Lipinski definition) is 2. The van der Waals surface area contributed by atoms with Crippen molar-refractivity contribution in [2.75, 3.05) is 13.6 Å². The summed E-state index contributed by atoms with van der Waals surface area (Å²) in [6.07, 6.45) is 2.34. The van der Waals surface area contributed by atoms with Gasteiger partial charge >= 0.3 is 0 Å². The first-order valence-corrected chi connectivity index (χ1v) is 7.73. The maximum absolute atomic E-state index is 12.1. The zero-order valence-corrected chi connectivity index (χ0v) is 12.0. The van der Waals surface area contributed by atoms with Crippen molar-refractivity contribution in [3.05, 3.63) is 47.9 Å². The average Bonchev–Trinajstić information content (AvgIpc) is 2.97. The lowest BCUT2D eigenvalue weighted by Crippen LogP contribution is -2.23. The van der Waals surface area contributed by atoms with Crippen LogP contribution >= 0.6 is 0 Å². The van der Waals surface area contributed by atoms with Crippen molar-refractivity contribution in [1.82, 2.24) is 15.2 Å². The van der Waals surface area contributed by atoms with E-state index in [1.807, 2.05) is 19.2 Å². The molecule has 0 unspecified atom stereocenters. The van der Waals surface area contributed by atoms with Crippen molar-refractivity contribution < 1.29 is 12.9 Å². The molecule has 0 atom stereocenters. The van der Waals surface area contributed by atoms with E-state index in [0.717, 1.165) is 18.5 Å². The second-order valence-electron chi connectivity index (χ2n) is 4.30. The van der Waals surface area contributed by atoms with E-state index >= 15 is 0 Å². The predicted octanol–water partition coefficient (Wildman–Crippen LogP) is 0.915. The number of nitrogens with zero attached hydrogens (tertiary/aromatic N) is 1. The number of benzene rings is 1. The molecule has 7 heteroatoms. The molecule has 0 radical (unpaired) electrons. The topological polar surface area (TPSA) is 84.2 Å². The summed E-state index contributed by atoms with van der Waals surface area (Å²) in [6, 6.07) is 8.46. The van der Waals surface area contributed by atoms with Crippen LogP contribution in [0.25, 0.3) is 0 Å². The van der Waals surface area contributed by atoms with Crippen LogP contribution in [0.2, 0.25) is 0 Å². The smallest absolute Gasteiger partial charge is 0.240 e. The van der Waals surface area contributed by atoms with Crippen LogP contribution < -0.4 is 10.0 Å². The molecule has 108 valence electrons. The van der Waals surface area contributed by atoms with Crippen LogP contribution in [-0.2, 0) is 23.0 Å². The van der Waals surface area contributed by atoms with Crippen LogP contribution in [-0.4, -0.2) is 27.2 Å². The van der Waals surface area contributed by atoms with Gasteiger partial charge in [-0.05, 0) is 37.7 Å². The van der Waals surface area contributed by atoms with E-state index in [4.69, 9.17) is 4.52 Å². The van der Waals surface area contributed by atoms with E-state index in [9.17, 15) is 8.42 Å². The fraction of sp³-hybridized carbons (Fsp3) is 0.308. The monoisotopic (exact) mass is 295 g/mol. The highest BCUT2D eigenvalue weighted by Gasteiger charge is 2.14. The van der Waals surface area contributed by atoms with Crippen LogP contribution in [0.1, 0.15) is 11.3 Å². The summed E-state index contributed by atoms with van der Waals surface area (Å²) in [7, 11) is -1.65. The molecule has 0 aliphatic carbocycles. The Morgan fingerprint density at radius 1 is 1.20 bits per heavy atom. The molecule has 2 aromatic rings. The summed E-state index contributed by atoms with van der Waals surface area (Å²) in [4.78, 5) is 0.241. The molecule has 2 N–H and O–H groups in total. The fourth-order valence-electron chi connectivity index (χ4n) is 1.69. The summed E-state index contributed by atoms with van der Waals surface area (Å²) in [5.74, 6) is 0.471. The Labute approximate surface area is 118 Å². The fourth-order valence-corrected chi connectivity index (χ4v) is 2.68. The van der Waals surface area contributed by atoms with Gasteiger partial charge in [-0.2, -0.15) is 0 Å². The van der Waals surface area contributed by atoms with Crippen molar-refractivity contribution in [3.8, 4) is 0 Å². The highest BCUT2D eigenvalue weighted by molar-refractivity contribution is 7.89. The summed E-state index contributed by atoms with van der Waals surface area (Å²) >= 11 is 0. The third-order valence-corrected chi connectivity index (χ3v) is 4.24. The van der Waals surface area contributed by atoms with Gasteiger partial charge in [0.05, 0.1) is 17.6 Å². The van der Waals surface area contributed by atoms with Gasteiger partial charge in [-0.3, -0.25) is 0 Å². The Morgan fingerprint density at radius 3 is 2.55 bits per heavy atom. The molecule has 0 amide bonds. The number of sulfonamides is 1. The number of aromatic nitrogens is 1. The highest BCUT2D eigenvalue weighted by Crippen LogP contribution is 2.11. The molecule has 2 rings (SSSR count). The number of hydrogen-bond acceptors (Lipinski definition) is 5. The average molecular weight is 295 g/mol. The number of nitrogens with one attached hydrogen (secondary N) is 2. The standard InChI is InChI=1S/C13H17N3O3S/c1-14-8-6-11-2-4-13(5-3-11)20(17,18)16-10-12-7-9-15-19-12/h2-5,7,9,14,16H,6,8,10H2,1H3. The second-order valence-corrected chi connectivity index (χ2v) is 6.07. The normalized spacial score (nSPS) is 11.7. The van der Waals surface area contributed by atoms with E-state index in [1.54, 1.807) is 18.2 Å². The van der Waals surface area contributed by atoms with Gasteiger partial charge in [-0.15, -0.1) is 0 Å². The van der Waals surface area contributed by atoms with Gasteiger partial charge in [0, 0.05) is 6.07 Å². The van der Waals surface area contributed by atoms with Crippen molar-refractivity contribution in [2.24, 2.45) is 0 Å². The van der Waals surface area contributed by atoms with Crippen molar-refractivity contribution in [1.29, 1.82) is 0 Å². The van der Waals surface area contributed by atoms with Crippen molar-refractivity contribution in [3.63, 3.8) is 0 Å². The largest absolute Gasteiger partial charge is 0.360 e. The van der Waals surface area contributed by atoms with Gasteiger partial charge in [0.25, 0.3) is 0 Å². The molecular weight excluding hydrogens is 278 g/mol. The number of rotatable bonds is 7. The minimum atomic E-state index is -3.53. The molecule has 0 fully saturated rings. The maximum Gasteiger partial charge on any atom is 0.240 e. The van der Waals surface area contributed by atoms with E-state index in [2.05, 4.69) is 15.2 Å². The van der Waals surface area contributed by atoms with E-state index in [1.165, 1.54) is 6.20 Å². The molecule has 1 aromatic carbocycles. The van der Waals surface area contributed by atoms with Gasteiger partial charge in [0.2, 0.25) is 10.0 Å². The van der Waals surface area contributed by atoms with Gasteiger partial charge in [0.1, 0.15) is 0 Å². The molecule has 0 saturated carbocycles. The first-order chi connectivity index (χ1) is 9.62. The van der Waals surface area contributed by atoms with Gasteiger partial charge < -0.3 is 9.84 Å². The molecule has 0 aliphatic heterocycles. The van der Waals surface area contributed by atoms with Crippen LogP contribution in [0.4, 0.5) is 0 Å². The Morgan fingerprint density at radius 2 is 1.95 bits per heavy atom. The second kappa shape index (κ2) is 6.65. The Hall–Kier alpha value is -1.70. The van der Waals surface area contributed by atoms with E-state index < -0.39 is 10.0 Å². The minimum absolute atomic E-state index is 0.0871.